The molecule has 0 spiro atoms. The number of unbranched alkanes of at least 4 members (excludes halogenated alkanes) is 14. The van der Waals surface area contributed by atoms with Crippen molar-refractivity contribution < 1.29 is 31.9 Å². The van der Waals surface area contributed by atoms with Crippen LogP contribution in [0.1, 0.15) is 129 Å². The van der Waals surface area contributed by atoms with E-state index in [0.29, 0.717) is 6.42 Å². The van der Waals surface area contributed by atoms with E-state index in [1.807, 2.05) is 0 Å². The fourth-order valence-electron chi connectivity index (χ4n) is 2.42. The van der Waals surface area contributed by atoms with Crippen LogP contribution in [0.2, 0.25) is 0 Å². The molecule has 2 nitrogen and oxygen atoms in total. The van der Waals surface area contributed by atoms with Gasteiger partial charge in [-0.3, -0.25) is 0 Å². The Morgan fingerprint density at radius 1 is 0.519 bits per heavy atom. The van der Waals surface area contributed by atoms with Gasteiger partial charge in [0.15, 0.2) is 6.29 Å². The summed E-state index contributed by atoms with van der Waals surface area (Å²) >= 11 is 0. The second-order valence-corrected chi connectivity index (χ2v) is 7.07. The summed E-state index contributed by atoms with van der Waals surface area (Å²) in [6, 6.07) is 0. The van der Waals surface area contributed by atoms with Gasteiger partial charge in [0.05, 0.1) is 0 Å². The molecule has 0 aromatic carbocycles. The molecule has 0 bridgehead atoms. The first-order chi connectivity index (χ1) is 12.6. The number of hydrogen-bond donors (Lipinski definition) is 2. The average molecular weight is 420 g/mol. The van der Waals surface area contributed by atoms with Gasteiger partial charge in [-0.1, -0.05) is 97.3 Å². The van der Waals surface area contributed by atoms with Gasteiger partial charge in [0.1, 0.15) is 0 Å². The molecule has 2 N–H and O–H groups in total. The van der Waals surface area contributed by atoms with E-state index in [-0.39, 0.29) is 21.7 Å². The third-order valence-electron chi connectivity index (χ3n) is 4.17. The molecule has 27 heavy (non-hydrogen) atoms. The monoisotopic (exact) mass is 419 g/mol. The van der Waals surface area contributed by atoms with Crippen LogP contribution >= 0.6 is 0 Å². The summed E-state index contributed by atoms with van der Waals surface area (Å²) in [6.45, 7) is 15.8. The van der Waals surface area contributed by atoms with E-state index < -0.39 is 6.29 Å². The van der Waals surface area contributed by atoms with Crippen LogP contribution in [0.4, 0.5) is 0 Å². The number of hydrogen-bond acceptors (Lipinski definition) is 2. The molecule has 0 fully saturated rings. The normalized spacial score (nSPS) is 9.78. The molecule has 0 rings (SSSR count). The van der Waals surface area contributed by atoms with Gasteiger partial charge in [0.2, 0.25) is 0 Å². The smallest absolute Gasteiger partial charge is 0.368 e. The van der Waals surface area contributed by atoms with Crippen LogP contribution in [0, 0.1) is 20.8 Å². The Labute approximate surface area is 188 Å². The fraction of sp³-hybridized carbons (Fsp3) is 0.875. The van der Waals surface area contributed by atoms with Crippen molar-refractivity contribution in [2.24, 2.45) is 0 Å². The van der Waals surface area contributed by atoms with Crippen molar-refractivity contribution >= 4 is 0 Å². The maximum absolute atomic E-state index is 8.45. The van der Waals surface area contributed by atoms with Gasteiger partial charge in [0, 0.05) is 0 Å². The molecule has 3 heteroatoms. The van der Waals surface area contributed by atoms with Crippen LogP contribution in [0.5, 0.6) is 0 Å². The summed E-state index contributed by atoms with van der Waals surface area (Å²) in [5, 5.41) is 16.9. The average Bonchev–Trinajstić information content (AvgIpc) is 2.63. The molecule has 0 amide bonds. The van der Waals surface area contributed by atoms with Gasteiger partial charge in [-0.25, -0.2) is 0 Å². The molecule has 1 radical (unpaired) electrons. The van der Waals surface area contributed by atoms with Crippen molar-refractivity contribution in [3.05, 3.63) is 20.8 Å². The van der Waals surface area contributed by atoms with E-state index in [4.69, 9.17) is 10.2 Å². The Bertz CT molecular complexity index is 175. The molecule has 0 heterocycles. The van der Waals surface area contributed by atoms with Crippen molar-refractivity contribution in [3.8, 4) is 0 Å². The van der Waals surface area contributed by atoms with E-state index in [0.717, 1.165) is 44.9 Å². The predicted molar refractivity (Wildman–Crippen MR) is 119 cm³/mol. The van der Waals surface area contributed by atoms with Crippen molar-refractivity contribution in [1.29, 1.82) is 0 Å². The maximum atomic E-state index is 8.45. The molecule has 0 unspecified atom stereocenters. The molecule has 0 aromatic rings. The standard InChI is InChI=1S/C8H17O2.2C8H17.Ti/c1-2-3-4-5-6-7-8(9)10;2*1-3-5-7-8-6-4-2;/h8-10H,1-7H2;2*1,3-8H2,2H3;/q3*-1;+3. The minimum absolute atomic E-state index is 0. The third-order valence-corrected chi connectivity index (χ3v) is 4.17. The number of rotatable bonds is 16. The van der Waals surface area contributed by atoms with Crippen LogP contribution in [0.15, 0.2) is 0 Å². The summed E-state index contributed by atoms with van der Waals surface area (Å²) in [7, 11) is 0. The SMILES string of the molecule is [CH2-]CCCCCCC.[CH2-]CCCCCCC.[CH2-]CCCCCCC(O)O.[Ti+3]. The van der Waals surface area contributed by atoms with Crippen LogP contribution in [0.3, 0.4) is 0 Å². The van der Waals surface area contributed by atoms with Crippen LogP contribution < -0.4 is 0 Å². The Morgan fingerprint density at radius 2 is 0.815 bits per heavy atom. The third kappa shape index (κ3) is 52.0. The molecular weight excluding hydrogens is 368 g/mol. The number of aliphatic hydroxyl groups is 2. The zero-order valence-electron chi connectivity index (χ0n) is 18.8. The molecule has 0 saturated heterocycles. The van der Waals surface area contributed by atoms with Crippen molar-refractivity contribution in [3.63, 3.8) is 0 Å². The van der Waals surface area contributed by atoms with Crippen LogP contribution in [-0.4, -0.2) is 16.5 Å². The quantitative estimate of drug-likeness (QED) is 0.116. The second kappa shape index (κ2) is 37.4. The van der Waals surface area contributed by atoms with Crippen molar-refractivity contribution in [2.45, 2.75) is 136 Å². The molecule has 0 atom stereocenters. The van der Waals surface area contributed by atoms with Crippen molar-refractivity contribution in [2.75, 3.05) is 0 Å². The Kier molecular flexibility index (Phi) is 48.6. The van der Waals surface area contributed by atoms with Crippen LogP contribution in [0.25, 0.3) is 0 Å². The van der Waals surface area contributed by atoms with Gasteiger partial charge >= 0.3 is 21.7 Å². The van der Waals surface area contributed by atoms with Crippen LogP contribution in [-0.2, 0) is 21.7 Å². The van der Waals surface area contributed by atoms with E-state index in [9.17, 15) is 0 Å². The zero-order valence-corrected chi connectivity index (χ0v) is 20.4. The Hall–Kier alpha value is 0.634. The first-order valence-electron chi connectivity index (χ1n) is 11.3. The molecule has 163 valence electrons. The summed E-state index contributed by atoms with van der Waals surface area (Å²) in [4.78, 5) is 0. The summed E-state index contributed by atoms with van der Waals surface area (Å²) in [5.41, 5.74) is 0. The Balaban J connectivity index is -0.000000146. The largest absolute Gasteiger partial charge is 3.00 e. The minimum atomic E-state index is -1.11. The molecule has 0 aliphatic rings. The first-order valence-corrected chi connectivity index (χ1v) is 11.3. The van der Waals surface area contributed by atoms with Gasteiger partial charge in [-0.2, -0.15) is 19.3 Å². The minimum Gasteiger partial charge on any atom is -0.368 e. The summed E-state index contributed by atoms with van der Waals surface area (Å²) < 4.78 is 0. The van der Waals surface area contributed by atoms with Gasteiger partial charge in [-0.05, 0) is 12.8 Å². The van der Waals surface area contributed by atoms with E-state index in [2.05, 4.69) is 34.6 Å². The fourth-order valence-corrected chi connectivity index (χ4v) is 2.42. The summed E-state index contributed by atoms with van der Waals surface area (Å²) in [6.07, 6.45) is 20.7. The van der Waals surface area contributed by atoms with Gasteiger partial charge < -0.3 is 31.0 Å². The first kappa shape index (κ1) is 35.1. The van der Waals surface area contributed by atoms with Gasteiger partial charge in [-0.15, -0.1) is 0 Å². The van der Waals surface area contributed by atoms with Gasteiger partial charge in [0.25, 0.3) is 0 Å². The van der Waals surface area contributed by atoms with E-state index in [1.54, 1.807) is 0 Å². The number of aliphatic hydroxyl groups excluding tert-OH is 1. The maximum Gasteiger partial charge on any atom is 3.00 e. The zero-order chi connectivity index (χ0) is 20.3. The Morgan fingerprint density at radius 3 is 1.07 bits per heavy atom. The molecule has 0 aliphatic carbocycles. The summed E-state index contributed by atoms with van der Waals surface area (Å²) in [5.74, 6) is 0. The topological polar surface area (TPSA) is 40.5 Å². The second-order valence-electron chi connectivity index (χ2n) is 7.07. The van der Waals surface area contributed by atoms with E-state index in [1.165, 1.54) is 64.2 Å². The molecular formula is C24H51O2Ti. The predicted octanol–water partition coefficient (Wildman–Crippen LogP) is 7.83. The molecule has 0 aromatic heterocycles. The molecule has 0 saturated carbocycles. The van der Waals surface area contributed by atoms with E-state index >= 15 is 0 Å². The van der Waals surface area contributed by atoms with Crippen molar-refractivity contribution in [1.82, 2.24) is 0 Å². The molecule has 0 aliphatic heterocycles.